The van der Waals surface area contributed by atoms with Gasteiger partial charge in [-0.1, -0.05) is 6.58 Å². The van der Waals surface area contributed by atoms with E-state index >= 15 is 0 Å². The first-order valence-corrected chi connectivity index (χ1v) is 9.40. The first-order chi connectivity index (χ1) is 13.2. The SMILES string of the molecule is C=C(C/C(=C/NCC1CC1)C(C)=N)/C(=N\N(C)N)c1ccc(F)cc1[C@@H](C)O. The van der Waals surface area contributed by atoms with E-state index in [9.17, 15) is 9.50 Å². The fourth-order valence-corrected chi connectivity index (χ4v) is 2.84. The molecule has 28 heavy (non-hydrogen) atoms. The van der Waals surface area contributed by atoms with Gasteiger partial charge in [-0.3, -0.25) is 0 Å². The van der Waals surface area contributed by atoms with Crippen LogP contribution in [0.5, 0.6) is 0 Å². The van der Waals surface area contributed by atoms with Gasteiger partial charge in [0, 0.05) is 37.5 Å². The van der Waals surface area contributed by atoms with Gasteiger partial charge in [-0.15, -0.1) is 0 Å². The van der Waals surface area contributed by atoms with E-state index < -0.39 is 11.9 Å². The maximum absolute atomic E-state index is 13.7. The number of hydrazone groups is 1. The second-order valence-corrected chi connectivity index (χ2v) is 7.36. The molecule has 0 spiro atoms. The Labute approximate surface area is 166 Å². The van der Waals surface area contributed by atoms with Crippen LogP contribution in [0, 0.1) is 17.1 Å². The topological polar surface area (TPSA) is 97.7 Å². The molecule has 0 saturated heterocycles. The third-order valence-electron chi connectivity index (χ3n) is 4.58. The third-order valence-corrected chi connectivity index (χ3v) is 4.58. The van der Waals surface area contributed by atoms with Crippen molar-refractivity contribution in [3.63, 3.8) is 0 Å². The number of aliphatic hydroxyl groups is 1. The summed E-state index contributed by atoms with van der Waals surface area (Å²) in [5.74, 6) is 6.02. The van der Waals surface area contributed by atoms with Crippen molar-refractivity contribution in [3.8, 4) is 0 Å². The van der Waals surface area contributed by atoms with E-state index in [2.05, 4.69) is 17.0 Å². The summed E-state index contributed by atoms with van der Waals surface area (Å²) in [5.41, 5.74) is 3.27. The van der Waals surface area contributed by atoms with Crippen molar-refractivity contribution < 1.29 is 9.50 Å². The molecule has 1 aliphatic rings. The van der Waals surface area contributed by atoms with Gasteiger partial charge in [0.1, 0.15) is 5.82 Å². The molecule has 0 heterocycles. The summed E-state index contributed by atoms with van der Waals surface area (Å²) in [6.07, 6.45) is 3.86. The van der Waals surface area contributed by atoms with Gasteiger partial charge in [-0.2, -0.15) is 5.10 Å². The Balaban J connectivity index is 2.32. The zero-order chi connectivity index (χ0) is 20.8. The highest BCUT2D eigenvalue weighted by Crippen LogP contribution is 2.28. The van der Waals surface area contributed by atoms with E-state index in [1.165, 1.54) is 25.0 Å². The second-order valence-electron chi connectivity index (χ2n) is 7.36. The van der Waals surface area contributed by atoms with Crippen LogP contribution in [0.2, 0.25) is 0 Å². The van der Waals surface area contributed by atoms with Crippen molar-refractivity contribution in [2.24, 2.45) is 16.9 Å². The standard InChI is InChI=1S/C21H30FN5O/c1-13(9-17(14(2)23)12-25-11-16-5-6-16)21(26-27(4)24)19-8-7-18(22)10-20(19)15(3)28/h7-8,10,12,15-16,23,25,28H,1,5-6,9,11,24H2,2-4H3/b17-12-,23-14?,26-21+/t15-/m1/s1. The molecule has 0 bridgehead atoms. The number of halogens is 1. The van der Waals surface area contributed by atoms with Gasteiger partial charge in [0.2, 0.25) is 0 Å². The molecule has 1 aromatic rings. The molecule has 1 fully saturated rings. The second kappa shape index (κ2) is 9.61. The van der Waals surface area contributed by atoms with E-state index in [0.29, 0.717) is 34.5 Å². The maximum atomic E-state index is 13.7. The lowest BCUT2D eigenvalue weighted by Gasteiger charge is -2.19. The summed E-state index contributed by atoms with van der Waals surface area (Å²) in [7, 11) is 1.58. The van der Waals surface area contributed by atoms with Gasteiger partial charge in [-0.05, 0) is 67.5 Å². The first kappa shape index (κ1) is 21.8. The smallest absolute Gasteiger partial charge is 0.123 e. The van der Waals surface area contributed by atoms with Gasteiger partial charge in [0.05, 0.1) is 11.8 Å². The summed E-state index contributed by atoms with van der Waals surface area (Å²) >= 11 is 0. The van der Waals surface area contributed by atoms with Crippen molar-refractivity contribution in [2.45, 2.75) is 39.2 Å². The average Bonchev–Trinajstić information content (AvgIpc) is 3.42. The summed E-state index contributed by atoms with van der Waals surface area (Å²) in [4.78, 5) is 0. The Kier molecular flexibility index (Phi) is 7.48. The van der Waals surface area contributed by atoms with Crippen LogP contribution < -0.4 is 11.2 Å². The van der Waals surface area contributed by atoms with Gasteiger partial charge in [-0.25, -0.2) is 15.4 Å². The Morgan fingerprint density at radius 1 is 1.54 bits per heavy atom. The largest absolute Gasteiger partial charge is 0.390 e. The molecule has 0 radical (unpaired) electrons. The lowest BCUT2D eigenvalue weighted by atomic mass is 9.91. The van der Waals surface area contributed by atoms with Gasteiger partial charge in [0.25, 0.3) is 0 Å². The lowest BCUT2D eigenvalue weighted by Crippen LogP contribution is -2.24. The summed E-state index contributed by atoms with van der Waals surface area (Å²) in [6.45, 7) is 8.33. The lowest BCUT2D eigenvalue weighted by molar-refractivity contribution is 0.198. The molecule has 0 aromatic heterocycles. The molecule has 1 aromatic carbocycles. The molecule has 2 rings (SSSR count). The van der Waals surface area contributed by atoms with Crippen LogP contribution in [0.25, 0.3) is 0 Å². The average molecular weight is 388 g/mol. The van der Waals surface area contributed by atoms with Crippen molar-refractivity contribution in [3.05, 3.63) is 59.1 Å². The normalized spacial score (nSPS) is 15.9. The Bertz CT molecular complexity index is 794. The number of nitrogens with zero attached hydrogens (tertiary/aromatic N) is 2. The van der Waals surface area contributed by atoms with E-state index in [1.807, 2.05) is 6.20 Å². The van der Waals surface area contributed by atoms with Crippen LogP contribution >= 0.6 is 0 Å². The quantitative estimate of drug-likeness (QED) is 0.281. The molecular formula is C21H30FN5O. The van der Waals surface area contributed by atoms with Crippen molar-refractivity contribution in [1.29, 1.82) is 5.41 Å². The number of benzene rings is 1. The molecule has 0 unspecified atom stereocenters. The highest BCUT2D eigenvalue weighted by molar-refractivity contribution is 6.14. The predicted octanol–water partition coefficient (Wildman–Crippen LogP) is 3.26. The molecule has 0 amide bonds. The van der Waals surface area contributed by atoms with Crippen molar-refractivity contribution in [1.82, 2.24) is 10.4 Å². The number of nitrogens with one attached hydrogen (secondary N) is 2. The number of allylic oxidation sites excluding steroid dienone is 2. The molecule has 1 aliphatic carbocycles. The summed E-state index contributed by atoms with van der Waals surface area (Å²) in [6, 6.07) is 4.17. The van der Waals surface area contributed by atoms with Crippen LogP contribution in [0.4, 0.5) is 4.39 Å². The number of hydrogen-bond acceptors (Lipinski definition) is 6. The molecule has 152 valence electrons. The highest BCUT2D eigenvalue weighted by atomic mass is 19.1. The molecule has 6 nitrogen and oxygen atoms in total. The Hall–Kier alpha value is -2.51. The molecule has 7 heteroatoms. The first-order valence-electron chi connectivity index (χ1n) is 9.40. The number of hydrazine groups is 1. The zero-order valence-electron chi connectivity index (χ0n) is 16.8. The third kappa shape index (κ3) is 6.28. The number of nitrogens with two attached hydrogens (primary N) is 1. The van der Waals surface area contributed by atoms with E-state index in [0.717, 1.165) is 23.2 Å². The minimum atomic E-state index is -0.883. The van der Waals surface area contributed by atoms with Crippen LogP contribution in [0.1, 0.15) is 50.3 Å². The van der Waals surface area contributed by atoms with Crippen molar-refractivity contribution in [2.75, 3.05) is 13.6 Å². The van der Waals surface area contributed by atoms with E-state index in [4.69, 9.17) is 11.3 Å². The Morgan fingerprint density at radius 3 is 2.75 bits per heavy atom. The maximum Gasteiger partial charge on any atom is 0.123 e. The van der Waals surface area contributed by atoms with Crippen LogP contribution in [0.15, 0.2) is 47.2 Å². The van der Waals surface area contributed by atoms with Gasteiger partial charge >= 0.3 is 0 Å². The number of aliphatic hydroxyl groups excluding tert-OH is 1. The van der Waals surface area contributed by atoms with E-state index in [-0.39, 0.29) is 0 Å². The van der Waals surface area contributed by atoms with Crippen molar-refractivity contribution >= 4 is 11.4 Å². The minimum Gasteiger partial charge on any atom is -0.390 e. The molecule has 1 atom stereocenters. The van der Waals surface area contributed by atoms with Crippen LogP contribution in [-0.4, -0.2) is 35.2 Å². The molecule has 5 N–H and O–H groups in total. The Morgan fingerprint density at radius 2 is 2.21 bits per heavy atom. The van der Waals surface area contributed by atoms with Crippen LogP contribution in [0.3, 0.4) is 0 Å². The summed E-state index contributed by atoms with van der Waals surface area (Å²) < 4.78 is 13.7. The van der Waals surface area contributed by atoms with Gasteiger partial charge in [0.15, 0.2) is 0 Å². The fraction of sp³-hybridized carbons (Fsp3) is 0.429. The minimum absolute atomic E-state index is 0.385. The molecule has 0 aliphatic heterocycles. The number of hydrogen-bond donors (Lipinski definition) is 4. The zero-order valence-corrected chi connectivity index (χ0v) is 16.8. The highest BCUT2D eigenvalue weighted by Gasteiger charge is 2.21. The fourth-order valence-electron chi connectivity index (χ4n) is 2.84. The molecule has 1 saturated carbocycles. The number of rotatable bonds is 10. The van der Waals surface area contributed by atoms with Crippen LogP contribution in [-0.2, 0) is 0 Å². The molecular weight excluding hydrogens is 357 g/mol. The van der Waals surface area contributed by atoms with Gasteiger partial charge < -0.3 is 15.8 Å². The van der Waals surface area contributed by atoms with E-state index in [1.54, 1.807) is 27.0 Å². The predicted molar refractivity (Wildman–Crippen MR) is 111 cm³/mol. The monoisotopic (exact) mass is 387 g/mol. The summed E-state index contributed by atoms with van der Waals surface area (Å²) in [5, 5.41) is 26.9.